The van der Waals surface area contributed by atoms with Gasteiger partial charge in [0.25, 0.3) is 0 Å². The molecule has 0 saturated carbocycles. The lowest BCUT2D eigenvalue weighted by atomic mass is 9.86. The molecule has 0 aliphatic heterocycles. The summed E-state index contributed by atoms with van der Waals surface area (Å²) in [5.74, 6) is 0. The Morgan fingerprint density at radius 1 is 0.308 bits per heavy atom. The normalized spacial score (nSPS) is 12.6. The van der Waals surface area contributed by atoms with Crippen molar-refractivity contribution < 1.29 is 0 Å². The van der Waals surface area contributed by atoms with E-state index in [1.54, 1.807) is 0 Å². The van der Waals surface area contributed by atoms with Crippen molar-refractivity contribution in [2.45, 2.75) is 105 Å². The van der Waals surface area contributed by atoms with Gasteiger partial charge < -0.3 is 14.4 Å². The van der Waals surface area contributed by atoms with Crippen LogP contribution in [0, 0.1) is 0 Å². The molecule has 3 heteroatoms. The highest BCUT2D eigenvalue weighted by Crippen LogP contribution is 2.48. The summed E-state index contributed by atoms with van der Waals surface area (Å²) in [6.45, 7) is 27.4. The molecule has 0 aliphatic carbocycles. The molecule has 3 nitrogen and oxygen atoms in total. The quantitative estimate of drug-likeness (QED) is 0.158. The summed E-state index contributed by atoms with van der Waals surface area (Å²) < 4.78 is 2.47. The molecule has 0 amide bonds. The topological polar surface area (TPSA) is 11.4 Å². The van der Waals surface area contributed by atoms with E-state index in [4.69, 9.17) is 0 Å². The molecule has 0 radical (unpaired) electrons. The van der Waals surface area contributed by atoms with Crippen molar-refractivity contribution in [3.05, 3.63) is 198 Å². The van der Waals surface area contributed by atoms with Gasteiger partial charge in [-0.3, -0.25) is 0 Å². The van der Waals surface area contributed by atoms with Crippen LogP contribution in [0.5, 0.6) is 0 Å². The fourth-order valence-electron chi connectivity index (χ4n) is 9.35. The van der Waals surface area contributed by atoms with Crippen molar-refractivity contribution >= 4 is 66.7 Å². The second-order valence-corrected chi connectivity index (χ2v) is 22.1. The largest absolute Gasteiger partial charge is 0.310 e. The first-order valence-electron chi connectivity index (χ1n) is 23.4. The van der Waals surface area contributed by atoms with Crippen molar-refractivity contribution in [2.75, 3.05) is 9.80 Å². The van der Waals surface area contributed by atoms with Gasteiger partial charge in [-0.25, -0.2) is 0 Å². The van der Waals surface area contributed by atoms with Crippen molar-refractivity contribution in [1.29, 1.82) is 0 Å². The minimum absolute atomic E-state index is 0.0418. The Labute approximate surface area is 388 Å². The van der Waals surface area contributed by atoms with Gasteiger partial charge in [-0.05, 0) is 134 Å². The number of para-hydroxylation sites is 1. The van der Waals surface area contributed by atoms with Crippen LogP contribution in [0.15, 0.2) is 176 Å². The van der Waals surface area contributed by atoms with Gasteiger partial charge in [-0.2, -0.15) is 0 Å². The van der Waals surface area contributed by atoms with Crippen LogP contribution in [-0.4, -0.2) is 4.57 Å². The van der Waals surface area contributed by atoms with Crippen molar-refractivity contribution in [3.8, 4) is 5.69 Å². The summed E-state index contributed by atoms with van der Waals surface area (Å²) in [5, 5.41) is 4.87. The summed E-state index contributed by atoms with van der Waals surface area (Å²) in [5.41, 5.74) is 15.7. The third kappa shape index (κ3) is 8.34. The first-order valence-corrected chi connectivity index (χ1v) is 23.4. The Morgan fingerprint density at radius 2 is 0.677 bits per heavy atom. The Bertz CT molecular complexity index is 3010. The maximum Gasteiger partial charge on any atom is 0.0568 e. The molecule has 8 aromatic carbocycles. The first kappa shape index (κ1) is 43.7. The zero-order chi connectivity index (χ0) is 46.1. The maximum absolute atomic E-state index is 2.47. The minimum atomic E-state index is 0.0418. The number of benzene rings is 8. The minimum Gasteiger partial charge on any atom is -0.310 e. The zero-order valence-electron chi connectivity index (χ0n) is 40.6. The lowest BCUT2D eigenvalue weighted by molar-refractivity contribution is 0.590. The predicted octanol–water partition coefficient (Wildman–Crippen LogP) is 18.1. The van der Waals surface area contributed by atoms with Crippen LogP contribution in [0.25, 0.3) is 38.3 Å². The fourth-order valence-corrected chi connectivity index (χ4v) is 9.35. The average molecular weight is 852 g/mol. The number of hydrogen-bond donors (Lipinski definition) is 0. The number of hydrogen-bond acceptors (Lipinski definition) is 2. The zero-order valence-corrected chi connectivity index (χ0v) is 40.6. The molecular weight excluding hydrogens is 787 g/mol. The molecule has 0 aliphatic rings. The van der Waals surface area contributed by atoms with E-state index in [0.717, 1.165) is 45.3 Å². The van der Waals surface area contributed by atoms with Crippen molar-refractivity contribution in [1.82, 2.24) is 4.57 Å². The number of nitrogens with zero attached hydrogens (tertiary/aromatic N) is 3. The summed E-state index contributed by atoms with van der Waals surface area (Å²) >= 11 is 0. The van der Waals surface area contributed by atoms with Crippen LogP contribution in [0.2, 0.25) is 0 Å². The van der Waals surface area contributed by atoms with Gasteiger partial charge in [0.1, 0.15) is 0 Å². The van der Waals surface area contributed by atoms with E-state index in [1.807, 2.05) is 0 Å². The predicted molar refractivity (Wildman–Crippen MR) is 282 cm³/mol. The van der Waals surface area contributed by atoms with Gasteiger partial charge >= 0.3 is 0 Å². The molecule has 0 fully saturated rings. The smallest absolute Gasteiger partial charge is 0.0568 e. The number of fused-ring (bicyclic) bond motifs is 5. The summed E-state index contributed by atoms with van der Waals surface area (Å²) in [4.78, 5) is 4.88. The molecule has 1 aromatic heterocycles. The lowest BCUT2D eigenvalue weighted by Crippen LogP contribution is -2.14. The van der Waals surface area contributed by atoms with Crippen LogP contribution < -0.4 is 9.80 Å². The highest BCUT2D eigenvalue weighted by atomic mass is 15.2. The van der Waals surface area contributed by atoms with Gasteiger partial charge in [0.15, 0.2) is 0 Å². The second-order valence-electron chi connectivity index (χ2n) is 22.1. The Kier molecular flexibility index (Phi) is 10.8. The Balaban J connectivity index is 1.33. The number of anilines is 6. The van der Waals surface area contributed by atoms with Crippen molar-refractivity contribution in [2.24, 2.45) is 0 Å². The molecule has 0 saturated heterocycles. The highest BCUT2D eigenvalue weighted by Gasteiger charge is 2.25. The molecule has 9 rings (SSSR count). The van der Waals surface area contributed by atoms with E-state index in [2.05, 4.69) is 273 Å². The monoisotopic (exact) mass is 852 g/mol. The summed E-state index contributed by atoms with van der Waals surface area (Å²) in [6.07, 6.45) is 0. The van der Waals surface area contributed by atoms with Crippen LogP contribution in [0.4, 0.5) is 34.1 Å². The van der Waals surface area contributed by atoms with E-state index in [9.17, 15) is 0 Å². The summed E-state index contributed by atoms with van der Waals surface area (Å²) in [6, 6.07) is 66.1. The van der Waals surface area contributed by atoms with E-state index >= 15 is 0 Å². The SMILES string of the molecule is CC(C)(C)c1ccc(N(c2ccc(C(C)(C)C)cc2)c2ccc3c(c2)c2c4ccccc4c(N(c4ccc(C(C)(C)C)cc4)c4ccc(C(C)(C)C)cc4)cc2n3-c2ccccc2)cc1. The molecule has 328 valence electrons. The van der Waals surface area contributed by atoms with Gasteiger partial charge in [0, 0.05) is 50.3 Å². The van der Waals surface area contributed by atoms with Crippen LogP contribution in [0.3, 0.4) is 0 Å². The number of aromatic nitrogens is 1. The number of rotatable bonds is 7. The van der Waals surface area contributed by atoms with E-state index in [1.165, 1.54) is 49.3 Å². The maximum atomic E-state index is 2.47. The van der Waals surface area contributed by atoms with E-state index in [-0.39, 0.29) is 21.7 Å². The molecule has 0 atom stereocenters. The van der Waals surface area contributed by atoms with Gasteiger partial charge in [0.05, 0.1) is 16.7 Å². The van der Waals surface area contributed by atoms with Gasteiger partial charge in [-0.15, -0.1) is 0 Å². The van der Waals surface area contributed by atoms with Crippen LogP contribution in [-0.2, 0) is 21.7 Å². The molecule has 9 aromatic rings. The Morgan fingerprint density at radius 3 is 1.09 bits per heavy atom. The van der Waals surface area contributed by atoms with Gasteiger partial charge in [-0.1, -0.05) is 174 Å². The van der Waals surface area contributed by atoms with Crippen LogP contribution in [0.1, 0.15) is 105 Å². The molecular formula is C62H65N3. The molecule has 0 N–H and O–H groups in total. The first-order chi connectivity index (χ1) is 30.8. The third-order valence-electron chi connectivity index (χ3n) is 13.2. The second kappa shape index (κ2) is 16.1. The molecule has 1 heterocycles. The van der Waals surface area contributed by atoms with E-state index < -0.39 is 0 Å². The Hall–Kier alpha value is -6.58. The molecule has 0 unspecified atom stereocenters. The fraction of sp³-hybridized carbons (Fsp3) is 0.258. The van der Waals surface area contributed by atoms with Gasteiger partial charge in [0.2, 0.25) is 0 Å². The summed E-state index contributed by atoms with van der Waals surface area (Å²) in [7, 11) is 0. The molecule has 65 heavy (non-hydrogen) atoms. The van der Waals surface area contributed by atoms with E-state index in [0.29, 0.717) is 0 Å². The average Bonchev–Trinajstić information content (AvgIpc) is 3.60. The standard InChI is InChI=1S/C62H65N3/c1-59(2,3)42-22-30-47(31-23-42)63(48-32-24-43(25-33-48)60(4,5)6)51-38-39-55-54(40-51)58-53-21-17-16-20-52(53)56(41-57(58)65(55)46-18-14-13-15-19-46)64(49-34-26-44(27-35-49)61(7,8)9)50-36-28-45(29-37-50)62(10,11)12/h13-41H,1-12H3. The van der Waals surface area contributed by atoms with Crippen LogP contribution >= 0.6 is 0 Å². The highest BCUT2D eigenvalue weighted by molar-refractivity contribution is 6.25. The molecule has 0 bridgehead atoms. The molecule has 0 spiro atoms. The third-order valence-corrected chi connectivity index (χ3v) is 13.2. The lowest BCUT2D eigenvalue weighted by Gasteiger charge is -2.29. The van der Waals surface area contributed by atoms with Crippen molar-refractivity contribution in [3.63, 3.8) is 0 Å².